The van der Waals surface area contributed by atoms with Gasteiger partial charge in [-0.15, -0.1) is 0 Å². The molecule has 1 aromatic rings. The lowest BCUT2D eigenvalue weighted by atomic mass is 9.77. The number of allylic oxidation sites excluding steroid dienone is 4. The molecule has 1 fully saturated rings. The topological polar surface area (TPSA) is 20.2 Å². The van der Waals surface area contributed by atoms with Gasteiger partial charge in [0.25, 0.3) is 0 Å². The van der Waals surface area contributed by atoms with Gasteiger partial charge in [0.2, 0.25) is 5.82 Å². The summed E-state index contributed by atoms with van der Waals surface area (Å²) in [6.45, 7) is 2.19. The van der Waals surface area contributed by atoms with Crippen LogP contribution >= 0.6 is 0 Å². The number of aromatic hydroxyl groups is 1. The van der Waals surface area contributed by atoms with Gasteiger partial charge in [-0.3, -0.25) is 0 Å². The second kappa shape index (κ2) is 9.52. The molecule has 0 saturated heterocycles. The summed E-state index contributed by atoms with van der Waals surface area (Å²) in [4.78, 5) is 0. The van der Waals surface area contributed by atoms with Crippen LogP contribution in [-0.4, -0.2) is 5.11 Å². The first-order valence-electron chi connectivity index (χ1n) is 10.6. The van der Waals surface area contributed by atoms with E-state index < -0.39 is 17.4 Å². The zero-order chi connectivity index (χ0) is 19.2. The van der Waals surface area contributed by atoms with E-state index in [1.165, 1.54) is 50.7 Å². The maximum absolute atomic E-state index is 14.1. The minimum absolute atomic E-state index is 0.308. The van der Waals surface area contributed by atoms with Gasteiger partial charge in [-0.25, -0.2) is 4.39 Å². The number of phenols is 1. The number of benzene rings is 1. The van der Waals surface area contributed by atoms with Crippen molar-refractivity contribution in [3.63, 3.8) is 0 Å². The summed E-state index contributed by atoms with van der Waals surface area (Å²) < 4.78 is 27.7. The summed E-state index contributed by atoms with van der Waals surface area (Å²) >= 11 is 0. The Balaban J connectivity index is 1.46. The van der Waals surface area contributed by atoms with E-state index in [0.717, 1.165) is 43.1 Å². The quantitative estimate of drug-likeness (QED) is 0.514. The third-order valence-corrected chi connectivity index (χ3v) is 6.45. The van der Waals surface area contributed by atoms with Gasteiger partial charge in [0, 0.05) is 5.56 Å². The van der Waals surface area contributed by atoms with Crippen LogP contribution in [0, 0.1) is 29.4 Å². The van der Waals surface area contributed by atoms with Crippen molar-refractivity contribution in [2.24, 2.45) is 17.8 Å². The lowest BCUT2D eigenvalue weighted by Gasteiger charge is -2.29. The second-order valence-corrected chi connectivity index (χ2v) is 8.32. The molecule has 1 unspecified atom stereocenters. The van der Waals surface area contributed by atoms with Gasteiger partial charge in [-0.2, -0.15) is 4.39 Å². The summed E-state index contributed by atoms with van der Waals surface area (Å²) in [6, 6.07) is 2.73. The van der Waals surface area contributed by atoms with E-state index in [0.29, 0.717) is 11.5 Å². The summed E-state index contributed by atoms with van der Waals surface area (Å²) in [5.74, 6) is -0.359. The molecule has 0 radical (unpaired) electrons. The average molecular weight is 375 g/mol. The standard InChI is InChI=1S/C24H32F2O/c1-2-3-4-17-5-7-18(8-6-17)9-10-19-11-13-20(14-12-19)21-15-16-22(27)24(26)23(21)25/h3-4,13,15-19,27H,2,5-12,14H2,1H3/b4-3+. The first-order chi connectivity index (χ1) is 13.1. The zero-order valence-corrected chi connectivity index (χ0v) is 16.4. The molecule has 3 heteroatoms. The predicted molar refractivity (Wildman–Crippen MR) is 107 cm³/mol. The van der Waals surface area contributed by atoms with Gasteiger partial charge in [0.05, 0.1) is 0 Å². The van der Waals surface area contributed by atoms with Gasteiger partial charge >= 0.3 is 0 Å². The largest absolute Gasteiger partial charge is 0.505 e. The van der Waals surface area contributed by atoms with E-state index in [1.807, 2.05) is 0 Å². The first kappa shape index (κ1) is 20.1. The molecule has 0 amide bonds. The van der Waals surface area contributed by atoms with Crippen LogP contribution in [0.3, 0.4) is 0 Å². The fraction of sp³-hybridized carbons (Fsp3) is 0.583. The number of hydrogen-bond donors (Lipinski definition) is 1. The molecule has 0 heterocycles. The van der Waals surface area contributed by atoms with Crippen LogP contribution in [0.2, 0.25) is 0 Å². The summed E-state index contributed by atoms with van der Waals surface area (Å²) in [5, 5.41) is 9.28. The zero-order valence-electron chi connectivity index (χ0n) is 16.4. The van der Waals surface area contributed by atoms with Gasteiger partial charge in [-0.1, -0.05) is 31.6 Å². The van der Waals surface area contributed by atoms with Crippen molar-refractivity contribution in [3.05, 3.63) is 47.6 Å². The van der Waals surface area contributed by atoms with Crippen LogP contribution in [-0.2, 0) is 0 Å². The van der Waals surface area contributed by atoms with Crippen molar-refractivity contribution in [1.82, 2.24) is 0 Å². The van der Waals surface area contributed by atoms with Crippen molar-refractivity contribution in [2.75, 3.05) is 0 Å². The molecule has 27 heavy (non-hydrogen) atoms. The van der Waals surface area contributed by atoms with Crippen molar-refractivity contribution in [2.45, 2.75) is 71.1 Å². The Bertz CT molecular complexity index is 684. The smallest absolute Gasteiger partial charge is 0.200 e. The molecular weight excluding hydrogens is 342 g/mol. The van der Waals surface area contributed by atoms with Crippen LogP contribution in [0.15, 0.2) is 30.4 Å². The highest BCUT2D eigenvalue weighted by Gasteiger charge is 2.23. The highest BCUT2D eigenvalue weighted by atomic mass is 19.2. The molecule has 1 N–H and O–H groups in total. The molecule has 0 aromatic heterocycles. The van der Waals surface area contributed by atoms with E-state index in [1.54, 1.807) is 0 Å². The monoisotopic (exact) mass is 374 g/mol. The Morgan fingerprint density at radius 1 is 1.00 bits per heavy atom. The Labute approximate surface area is 162 Å². The molecule has 2 aliphatic rings. The van der Waals surface area contributed by atoms with Crippen molar-refractivity contribution in [1.29, 1.82) is 0 Å². The number of rotatable bonds is 6. The van der Waals surface area contributed by atoms with Crippen LogP contribution in [0.1, 0.15) is 76.7 Å². The lowest BCUT2D eigenvalue weighted by molar-refractivity contribution is 0.271. The van der Waals surface area contributed by atoms with E-state index in [-0.39, 0.29) is 0 Å². The molecule has 1 nitrogen and oxygen atoms in total. The molecule has 2 aliphatic carbocycles. The maximum Gasteiger partial charge on any atom is 0.200 e. The molecule has 0 aliphatic heterocycles. The Hall–Kier alpha value is -1.64. The third-order valence-electron chi connectivity index (χ3n) is 6.45. The van der Waals surface area contributed by atoms with Crippen LogP contribution in [0.5, 0.6) is 5.75 Å². The summed E-state index contributed by atoms with van der Waals surface area (Å²) in [7, 11) is 0. The average Bonchev–Trinajstić information content (AvgIpc) is 2.70. The second-order valence-electron chi connectivity index (χ2n) is 8.32. The fourth-order valence-electron chi connectivity index (χ4n) is 4.65. The number of halogens is 2. The molecule has 0 bridgehead atoms. The van der Waals surface area contributed by atoms with E-state index in [4.69, 9.17) is 0 Å². The van der Waals surface area contributed by atoms with E-state index >= 15 is 0 Å². The molecule has 3 rings (SSSR count). The highest BCUT2D eigenvalue weighted by Crippen LogP contribution is 2.38. The van der Waals surface area contributed by atoms with Crippen molar-refractivity contribution >= 4 is 5.57 Å². The Morgan fingerprint density at radius 2 is 1.74 bits per heavy atom. The third kappa shape index (κ3) is 5.21. The van der Waals surface area contributed by atoms with E-state index in [2.05, 4.69) is 25.2 Å². The highest BCUT2D eigenvalue weighted by molar-refractivity contribution is 5.67. The molecule has 1 saturated carbocycles. The Morgan fingerprint density at radius 3 is 2.41 bits per heavy atom. The van der Waals surface area contributed by atoms with Crippen LogP contribution in [0.4, 0.5) is 8.78 Å². The van der Waals surface area contributed by atoms with Crippen molar-refractivity contribution < 1.29 is 13.9 Å². The van der Waals surface area contributed by atoms with Gasteiger partial charge < -0.3 is 5.11 Å². The SMILES string of the molecule is CC/C=C/C1CCC(CCC2CC=C(c3ccc(O)c(F)c3F)CC2)CC1. The van der Waals surface area contributed by atoms with Crippen LogP contribution < -0.4 is 0 Å². The first-order valence-corrected chi connectivity index (χ1v) is 10.6. The molecule has 148 valence electrons. The normalized spacial score (nSPS) is 26.3. The molecular formula is C24H32F2O. The minimum Gasteiger partial charge on any atom is -0.505 e. The minimum atomic E-state index is -1.14. The molecule has 1 atom stereocenters. The molecule has 0 spiro atoms. The van der Waals surface area contributed by atoms with E-state index in [9.17, 15) is 13.9 Å². The lowest BCUT2D eigenvalue weighted by Crippen LogP contribution is -2.15. The van der Waals surface area contributed by atoms with Gasteiger partial charge in [0.15, 0.2) is 11.6 Å². The van der Waals surface area contributed by atoms with Gasteiger partial charge in [-0.05, 0) is 93.2 Å². The number of hydrogen-bond acceptors (Lipinski definition) is 1. The molecule has 1 aromatic carbocycles. The van der Waals surface area contributed by atoms with Gasteiger partial charge in [0.1, 0.15) is 0 Å². The fourth-order valence-corrected chi connectivity index (χ4v) is 4.65. The summed E-state index contributed by atoms with van der Waals surface area (Å²) in [6.07, 6.45) is 18.6. The van der Waals surface area contributed by atoms with Crippen LogP contribution in [0.25, 0.3) is 5.57 Å². The maximum atomic E-state index is 14.1. The number of phenolic OH excluding ortho intramolecular Hbond substituents is 1. The Kier molecular flexibility index (Phi) is 7.09. The predicted octanol–water partition coefficient (Wildman–Crippen LogP) is 7.41. The summed E-state index contributed by atoms with van der Waals surface area (Å²) in [5.41, 5.74) is 1.19. The van der Waals surface area contributed by atoms with Crippen molar-refractivity contribution in [3.8, 4) is 5.75 Å².